The standard InChI is InChI=1S/C13H22O3/c1-3-4-6-12(15)7-5-8-13(16)10-9-11(2)14/h3-10H2,1-2H3. The lowest BCUT2D eigenvalue weighted by Gasteiger charge is -2.00. The number of rotatable bonds is 10. The molecule has 0 rings (SSSR count). The van der Waals surface area contributed by atoms with Crippen molar-refractivity contribution in [2.75, 3.05) is 0 Å². The number of carbonyl (C=O) groups excluding carboxylic acids is 3. The van der Waals surface area contributed by atoms with E-state index in [2.05, 4.69) is 6.92 Å². The highest BCUT2D eigenvalue weighted by Crippen LogP contribution is 2.06. The summed E-state index contributed by atoms with van der Waals surface area (Å²) in [5.41, 5.74) is 0. The minimum Gasteiger partial charge on any atom is -0.300 e. The van der Waals surface area contributed by atoms with Crippen molar-refractivity contribution >= 4 is 17.3 Å². The van der Waals surface area contributed by atoms with Gasteiger partial charge in [0.05, 0.1) is 0 Å². The molecule has 0 spiro atoms. The van der Waals surface area contributed by atoms with Crippen LogP contribution in [0.1, 0.15) is 65.2 Å². The minimum atomic E-state index is 0.0485. The fourth-order valence-electron chi connectivity index (χ4n) is 1.42. The van der Waals surface area contributed by atoms with Crippen molar-refractivity contribution in [1.29, 1.82) is 0 Å². The zero-order valence-corrected chi connectivity index (χ0v) is 10.4. The van der Waals surface area contributed by atoms with Crippen LogP contribution in [0.2, 0.25) is 0 Å². The van der Waals surface area contributed by atoms with Gasteiger partial charge in [-0.25, -0.2) is 0 Å². The molecule has 0 saturated heterocycles. The van der Waals surface area contributed by atoms with Crippen LogP contribution >= 0.6 is 0 Å². The van der Waals surface area contributed by atoms with Gasteiger partial charge in [0.15, 0.2) is 0 Å². The number of Topliss-reactive ketones (excluding diaryl/α,β-unsaturated/α-hetero) is 3. The Bertz CT molecular complexity index is 244. The van der Waals surface area contributed by atoms with Crippen molar-refractivity contribution in [3.8, 4) is 0 Å². The topological polar surface area (TPSA) is 51.2 Å². The number of hydrogen-bond acceptors (Lipinski definition) is 3. The Hall–Kier alpha value is -0.990. The van der Waals surface area contributed by atoms with Crippen molar-refractivity contribution < 1.29 is 14.4 Å². The van der Waals surface area contributed by atoms with Gasteiger partial charge in [-0.1, -0.05) is 13.3 Å². The molecule has 0 heterocycles. The summed E-state index contributed by atoms with van der Waals surface area (Å²) in [6, 6.07) is 0. The summed E-state index contributed by atoms with van der Waals surface area (Å²) < 4.78 is 0. The molecule has 0 saturated carbocycles. The van der Waals surface area contributed by atoms with E-state index in [9.17, 15) is 14.4 Å². The van der Waals surface area contributed by atoms with Crippen molar-refractivity contribution in [3.63, 3.8) is 0 Å². The zero-order valence-electron chi connectivity index (χ0n) is 10.4. The monoisotopic (exact) mass is 226 g/mol. The van der Waals surface area contributed by atoms with Gasteiger partial charge in [0.1, 0.15) is 17.3 Å². The maximum Gasteiger partial charge on any atom is 0.133 e. The van der Waals surface area contributed by atoms with E-state index in [1.807, 2.05) is 0 Å². The van der Waals surface area contributed by atoms with Crippen LogP contribution in [0.15, 0.2) is 0 Å². The summed E-state index contributed by atoms with van der Waals surface area (Å²) >= 11 is 0. The molecule has 0 radical (unpaired) electrons. The van der Waals surface area contributed by atoms with Crippen molar-refractivity contribution in [3.05, 3.63) is 0 Å². The Kier molecular flexibility index (Phi) is 8.68. The third-order valence-corrected chi connectivity index (χ3v) is 2.48. The predicted molar refractivity (Wildman–Crippen MR) is 63.3 cm³/mol. The SMILES string of the molecule is CCCCC(=O)CCCC(=O)CCC(C)=O. The lowest BCUT2D eigenvalue weighted by molar-refractivity contribution is -0.123. The van der Waals surface area contributed by atoms with Crippen molar-refractivity contribution in [2.45, 2.75) is 65.2 Å². The Morgan fingerprint density at radius 2 is 1.25 bits per heavy atom. The van der Waals surface area contributed by atoms with E-state index >= 15 is 0 Å². The van der Waals surface area contributed by atoms with Gasteiger partial charge in [-0.2, -0.15) is 0 Å². The predicted octanol–water partition coefficient (Wildman–Crippen LogP) is 2.85. The van der Waals surface area contributed by atoms with E-state index in [1.165, 1.54) is 6.92 Å². The van der Waals surface area contributed by atoms with Gasteiger partial charge < -0.3 is 4.79 Å². The first-order valence-electron chi connectivity index (χ1n) is 6.09. The first kappa shape index (κ1) is 15.0. The van der Waals surface area contributed by atoms with Crippen LogP contribution in [-0.2, 0) is 14.4 Å². The van der Waals surface area contributed by atoms with Crippen LogP contribution < -0.4 is 0 Å². The number of hydrogen-bond donors (Lipinski definition) is 0. The maximum absolute atomic E-state index is 11.3. The number of ketones is 3. The Morgan fingerprint density at radius 1 is 0.750 bits per heavy atom. The van der Waals surface area contributed by atoms with E-state index in [0.29, 0.717) is 38.5 Å². The van der Waals surface area contributed by atoms with Crippen LogP contribution in [0.25, 0.3) is 0 Å². The summed E-state index contributed by atoms with van der Waals surface area (Å²) in [6.45, 7) is 3.54. The third kappa shape index (κ3) is 9.56. The van der Waals surface area contributed by atoms with Gasteiger partial charge in [0.2, 0.25) is 0 Å². The normalized spacial score (nSPS) is 10.1. The summed E-state index contributed by atoms with van der Waals surface area (Å²) in [5, 5.41) is 0. The van der Waals surface area contributed by atoms with Crippen LogP contribution in [0.4, 0.5) is 0 Å². The molecule has 0 N–H and O–H groups in total. The second kappa shape index (κ2) is 9.25. The second-order valence-electron chi connectivity index (χ2n) is 4.24. The summed E-state index contributed by atoms with van der Waals surface area (Å²) in [7, 11) is 0. The molecule has 0 bridgehead atoms. The smallest absolute Gasteiger partial charge is 0.133 e. The summed E-state index contributed by atoms with van der Waals surface area (Å²) in [4.78, 5) is 33.2. The van der Waals surface area contributed by atoms with Gasteiger partial charge in [0, 0.05) is 32.1 Å². The molecule has 0 aliphatic heterocycles. The van der Waals surface area contributed by atoms with E-state index in [4.69, 9.17) is 0 Å². The fraction of sp³-hybridized carbons (Fsp3) is 0.769. The summed E-state index contributed by atoms with van der Waals surface area (Å²) in [6.07, 6.45) is 4.86. The van der Waals surface area contributed by atoms with Crippen LogP contribution in [0, 0.1) is 0 Å². The van der Waals surface area contributed by atoms with Crippen LogP contribution in [0.3, 0.4) is 0 Å². The molecule has 0 fully saturated rings. The molecule has 92 valence electrons. The quantitative estimate of drug-likeness (QED) is 0.575. The highest BCUT2D eigenvalue weighted by molar-refractivity contribution is 5.85. The molecular weight excluding hydrogens is 204 g/mol. The van der Waals surface area contributed by atoms with E-state index in [-0.39, 0.29) is 17.3 Å². The van der Waals surface area contributed by atoms with E-state index < -0.39 is 0 Å². The first-order chi connectivity index (χ1) is 7.56. The van der Waals surface area contributed by atoms with Crippen LogP contribution in [-0.4, -0.2) is 17.3 Å². The molecule has 0 amide bonds. The summed E-state index contributed by atoms with van der Waals surface area (Å²) in [5.74, 6) is 0.395. The molecule has 3 heteroatoms. The maximum atomic E-state index is 11.3. The van der Waals surface area contributed by atoms with Gasteiger partial charge in [-0.15, -0.1) is 0 Å². The van der Waals surface area contributed by atoms with Crippen LogP contribution in [0.5, 0.6) is 0 Å². The second-order valence-corrected chi connectivity index (χ2v) is 4.24. The van der Waals surface area contributed by atoms with Crippen molar-refractivity contribution in [1.82, 2.24) is 0 Å². The average molecular weight is 226 g/mol. The molecule has 0 aliphatic carbocycles. The number of carbonyl (C=O) groups is 3. The zero-order chi connectivity index (χ0) is 12.4. The van der Waals surface area contributed by atoms with Gasteiger partial charge in [0.25, 0.3) is 0 Å². The highest BCUT2D eigenvalue weighted by Gasteiger charge is 2.06. The molecule has 0 unspecified atom stereocenters. The molecule has 0 aliphatic rings. The Morgan fingerprint density at radius 3 is 1.75 bits per heavy atom. The van der Waals surface area contributed by atoms with E-state index in [0.717, 1.165) is 12.8 Å². The van der Waals surface area contributed by atoms with Gasteiger partial charge >= 0.3 is 0 Å². The van der Waals surface area contributed by atoms with Gasteiger partial charge in [-0.05, 0) is 19.8 Å². The molecule has 0 aromatic rings. The molecule has 0 atom stereocenters. The molecule has 16 heavy (non-hydrogen) atoms. The minimum absolute atomic E-state index is 0.0485. The third-order valence-electron chi connectivity index (χ3n) is 2.48. The fourth-order valence-corrected chi connectivity index (χ4v) is 1.42. The Labute approximate surface area is 97.6 Å². The Balaban J connectivity index is 3.46. The average Bonchev–Trinajstić information content (AvgIpc) is 2.23. The molecule has 3 nitrogen and oxygen atoms in total. The van der Waals surface area contributed by atoms with E-state index in [1.54, 1.807) is 0 Å². The van der Waals surface area contributed by atoms with Crippen molar-refractivity contribution in [2.24, 2.45) is 0 Å². The highest BCUT2D eigenvalue weighted by atomic mass is 16.1. The first-order valence-corrected chi connectivity index (χ1v) is 6.09. The molecule has 0 aromatic carbocycles. The number of unbranched alkanes of at least 4 members (excludes halogenated alkanes) is 1. The largest absolute Gasteiger partial charge is 0.300 e. The lowest BCUT2D eigenvalue weighted by atomic mass is 10.0. The molecular formula is C13H22O3. The lowest BCUT2D eigenvalue weighted by Crippen LogP contribution is -2.03. The molecule has 0 aromatic heterocycles. The van der Waals surface area contributed by atoms with Gasteiger partial charge in [-0.3, -0.25) is 9.59 Å².